The second-order valence-electron chi connectivity index (χ2n) is 6.95. The van der Waals surface area contributed by atoms with Crippen molar-refractivity contribution < 1.29 is 4.79 Å². The molecule has 0 aromatic heterocycles. The highest BCUT2D eigenvalue weighted by Gasteiger charge is 2.24. The van der Waals surface area contributed by atoms with Gasteiger partial charge in [0.2, 0.25) is 0 Å². The Bertz CT molecular complexity index is 567. The summed E-state index contributed by atoms with van der Waals surface area (Å²) in [5, 5.41) is 6.04. The second kappa shape index (κ2) is 8.68. The first kappa shape index (κ1) is 18.2. The topological polar surface area (TPSA) is 44.4 Å². The van der Waals surface area contributed by atoms with Crippen LogP contribution in [0.4, 0.5) is 10.5 Å². The number of halogens is 2. The summed E-state index contributed by atoms with van der Waals surface area (Å²) in [5.41, 5.74) is 0.786. The van der Waals surface area contributed by atoms with Crippen LogP contribution in [0.15, 0.2) is 27.1 Å². The molecule has 6 heteroatoms. The Morgan fingerprint density at radius 3 is 2.50 bits per heavy atom. The predicted molar refractivity (Wildman–Crippen MR) is 105 cm³/mol. The first-order valence-corrected chi connectivity index (χ1v) is 10.4. The summed E-state index contributed by atoms with van der Waals surface area (Å²) in [6.45, 7) is 3.46. The first-order chi connectivity index (χ1) is 11.6. The van der Waals surface area contributed by atoms with E-state index >= 15 is 0 Å². The molecule has 1 heterocycles. The highest BCUT2D eigenvalue weighted by Crippen LogP contribution is 2.27. The molecule has 0 spiro atoms. The van der Waals surface area contributed by atoms with Crippen molar-refractivity contribution in [3.05, 3.63) is 27.1 Å². The Hall–Kier alpha value is -0.590. The monoisotopic (exact) mass is 457 g/mol. The summed E-state index contributed by atoms with van der Waals surface area (Å²) in [4.78, 5) is 14.8. The molecule has 3 rings (SSSR count). The van der Waals surface area contributed by atoms with Crippen LogP contribution in [0, 0.1) is 5.92 Å². The highest BCUT2D eigenvalue weighted by molar-refractivity contribution is 9.11. The Balaban J connectivity index is 1.41. The lowest BCUT2D eigenvalue weighted by Gasteiger charge is -2.33. The molecule has 0 radical (unpaired) electrons. The minimum absolute atomic E-state index is 0.118. The fraction of sp³-hybridized carbons (Fsp3) is 0.611. The SMILES string of the molecule is O=C(Nc1ccc(Br)cc1Br)NC1CCN(CC2CCCC2)CC1. The molecule has 0 bridgehead atoms. The number of hydrogen-bond acceptors (Lipinski definition) is 2. The van der Waals surface area contributed by atoms with Crippen LogP contribution in [0.25, 0.3) is 0 Å². The standard InChI is InChI=1S/C18H25Br2N3O/c19-14-5-6-17(16(20)11-14)22-18(24)21-15-7-9-23(10-8-15)12-13-3-1-2-4-13/h5-6,11,13,15H,1-4,7-10,12H2,(H2,21,22,24). The molecule has 1 aromatic carbocycles. The van der Waals surface area contributed by atoms with Gasteiger partial charge in [-0.15, -0.1) is 0 Å². The number of carbonyl (C=O) groups excluding carboxylic acids is 1. The lowest BCUT2D eigenvalue weighted by molar-refractivity contribution is 0.173. The van der Waals surface area contributed by atoms with Gasteiger partial charge in [0.05, 0.1) is 5.69 Å². The number of piperidine rings is 1. The van der Waals surface area contributed by atoms with Crippen molar-refractivity contribution in [3.63, 3.8) is 0 Å². The van der Waals surface area contributed by atoms with Gasteiger partial charge in [-0.25, -0.2) is 4.79 Å². The van der Waals surface area contributed by atoms with Crippen LogP contribution in [0.5, 0.6) is 0 Å². The summed E-state index contributed by atoms with van der Waals surface area (Å²) >= 11 is 6.89. The number of benzene rings is 1. The predicted octanol–water partition coefficient (Wildman–Crippen LogP) is 4.99. The summed E-state index contributed by atoms with van der Waals surface area (Å²) in [7, 11) is 0. The van der Waals surface area contributed by atoms with Gasteiger partial charge in [0.25, 0.3) is 0 Å². The van der Waals surface area contributed by atoms with E-state index in [1.54, 1.807) is 0 Å². The maximum Gasteiger partial charge on any atom is 0.319 e. The normalized spacial score (nSPS) is 20.2. The number of nitrogens with one attached hydrogen (secondary N) is 2. The molecule has 2 amide bonds. The number of anilines is 1. The number of likely N-dealkylation sites (tertiary alicyclic amines) is 1. The van der Waals surface area contributed by atoms with Crippen LogP contribution in [0.2, 0.25) is 0 Å². The molecule has 1 aliphatic heterocycles. The van der Waals surface area contributed by atoms with Gasteiger partial charge in [-0.2, -0.15) is 0 Å². The second-order valence-corrected chi connectivity index (χ2v) is 8.72. The van der Waals surface area contributed by atoms with Gasteiger partial charge in [-0.3, -0.25) is 0 Å². The van der Waals surface area contributed by atoms with Gasteiger partial charge in [0.1, 0.15) is 0 Å². The molecule has 0 atom stereocenters. The van der Waals surface area contributed by atoms with Gasteiger partial charge in [-0.1, -0.05) is 28.8 Å². The van der Waals surface area contributed by atoms with Crippen LogP contribution in [-0.2, 0) is 0 Å². The van der Waals surface area contributed by atoms with Gasteiger partial charge >= 0.3 is 6.03 Å². The molecule has 1 saturated carbocycles. The fourth-order valence-electron chi connectivity index (χ4n) is 3.75. The van der Waals surface area contributed by atoms with Crippen LogP contribution in [0.1, 0.15) is 38.5 Å². The van der Waals surface area contributed by atoms with Gasteiger partial charge in [0.15, 0.2) is 0 Å². The largest absolute Gasteiger partial charge is 0.335 e. The molecule has 2 aliphatic rings. The molecule has 2 fully saturated rings. The van der Waals surface area contributed by atoms with Crippen molar-refractivity contribution in [2.75, 3.05) is 25.0 Å². The Labute approximate surface area is 161 Å². The summed E-state index contributed by atoms with van der Waals surface area (Å²) < 4.78 is 1.85. The minimum Gasteiger partial charge on any atom is -0.335 e. The van der Waals surface area contributed by atoms with Crippen LogP contribution < -0.4 is 10.6 Å². The fourth-order valence-corrected chi connectivity index (χ4v) is 4.90. The van der Waals surface area contributed by atoms with Crippen molar-refractivity contribution in [3.8, 4) is 0 Å². The molecule has 1 saturated heterocycles. The lowest BCUT2D eigenvalue weighted by atomic mass is 10.0. The lowest BCUT2D eigenvalue weighted by Crippen LogP contribution is -2.46. The van der Waals surface area contributed by atoms with Crippen molar-refractivity contribution in [1.82, 2.24) is 10.2 Å². The van der Waals surface area contributed by atoms with E-state index in [-0.39, 0.29) is 12.1 Å². The number of amides is 2. The molecule has 1 aliphatic carbocycles. The number of rotatable bonds is 4. The maximum absolute atomic E-state index is 12.2. The third-order valence-electron chi connectivity index (χ3n) is 5.09. The molecular weight excluding hydrogens is 434 g/mol. The van der Waals surface area contributed by atoms with E-state index < -0.39 is 0 Å². The summed E-state index contributed by atoms with van der Waals surface area (Å²) in [6, 6.07) is 5.89. The van der Waals surface area contributed by atoms with E-state index in [0.29, 0.717) is 0 Å². The first-order valence-electron chi connectivity index (χ1n) is 8.85. The number of carbonyl (C=O) groups is 1. The zero-order chi connectivity index (χ0) is 16.9. The quantitative estimate of drug-likeness (QED) is 0.667. The van der Waals surface area contributed by atoms with Crippen LogP contribution in [0.3, 0.4) is 0 Å². The average Bonchev–Trinajstić information content (AvgIpc) is 3.05. The Morgan fingerprint density at radius 2 is 1.83 bits per heavy atom. The summed E-state index contributed by atoms with van der Waals surface area (Å²) in [5.74, 6) is 0.910. The number of nitrogens with zero attached hydrogens (tertiary/aromatic N) is 1. The van der Waals surface area contributed by atoms with E-state index in [2.05, 4.69) is 47.4 Å². The van der Waals surface area contributed by atoms with E-state index in [1.165, 1.54) is 32.2 Å². The summed E-state index contributed by atoms with van der Waals surface area (Å²) in [6.07, 6.45) is 7.72. The molecule has 132 valence electrons. The minimum atomic E-state index is -0.118. The third-order valence-corrected chi connectivity index (χ3v) is 6.24. The Kier molecular flexibility index (Phi) is 6.58. The van der Waals surface area contributed by atoms with Gasteiger partial charge in [-0.05, 0) is 65.7 Å². The van der Waals surface area contributed by atoms with Crippen LogP contribution >= 0.6 is 31.9 Å². The van der Waals surface area contributed by atoms with Crippen molar-refractivity contribution in [1.29, 1.82) is 0 Å². The maximum atomic E-state index is 12.2. The molecule has 4 nitrogen and oxygen atoms in total. The van der Waals surface area contributed by atoms with E-state index in [9.17, 15) is 4.79 Å². The molecule has 2 N–H and O–H groups in total. The highest BCUT2D eigenvalue weighted by atomic mass is 79.9. The zero-order valence-electron chi connectivity index (χ0n) is 13.9. The van der Waals surface area contributed by atoms with Crippen molar-refractivity contribution >= 4 is 43.6 Å². The average molecular weight is 459 g/mol. The van der Waals surface area contributed by atoms with Crippen molar-refractivity contribution in [2.45, 2.75) is 44.6 Å². The zero-order valence-corrected chi connectivity index (χ0v) is 17.0. The molecular formula is C18H25Br2N3O. The van der Waals surface area contributed by atoms with Gasteiger partial charge < -0.3 is 15.5 Å². The molecule has 1 aromatic rings. The smallest absolute Gasteiger partial charge is 0.319 e. The molecule has 24 heavy (non-hydrogen) atoms. The molecule has 0 unspecified atom stereocenters. The van der Waals surface area contributed by atoms with Gasteiger partial charge in [0, 0.05) is 34.6 Å². The number of hydrogen-bond donors (Lipinski definition) is 2. The Morgan fingerprint density at radius 1 is 1.12 bits per heavy atom. The van der Waals surface area contributed by atoms with E-state index in [0.717, 1.165) is 46.5 Å². The third kappa shape index (κ3) is 5.20. The van der Waals surface area contributed by atoms with E-state index in [1.807, 2.05) is 18.2 Å². The number of urea groups is 1. The van der Waals surface area contributed by atoms with Crippen molar-refractivity contribution in [2.24, 2.45) is 5.92 Å². The van der Waals surface area contributed by atoms with E-state index in [4.69, 9.17) is 0 Å². The van der Waals surface area contributed by atoms with Crippen LogP contribution in [-0.4, -0.2) is 36.6 Å².